The summed E-state index contributed by atoms with van der Waals surface area (Å²) in [6, 6.07) is 6.31. The molecule has 1 aromatic rings. The molecule has 0 radical (unpaired) electrons. The number of benzene rings is 1. The number of halogens is 1. The van der Waals surface area contributed by atoms with E-state index in [1.54, 1.807) is 0 Å². The van der Waals surface area contributed by atoms with Crippen LogP contribution in [0.5, 0.6) is 5.75 Å². The summed E-state index contributed by atoms with van der Waals surface area (Å²) >= 11 is 3.50. The van der Waals surface area contributed by atoms with Gasteiger partial charge in [-0.05, 0) is 24.8 Å². The van der Waals surface area contributed by atoms with Crippen molar-refractivity contribution in [1.29, 1.82) is 0 Å². The normalized spacial score (nSPS) is 15.3. The molecule has 1 aromatic carbocycles. The van der Waals surface area contributed by atoms with Gasteiger partial charge in [-0.25, -0.2) is 0 Å². The summed E-state index contributed by atoms with van der Waals surface area (Å²) in [6.07, 6.45) is 4.03. The fourth-order valence-corrected chi connectivity index (χ4v) is 2.20. The lowest BCUT2D eigenvalue weighted by Gasteiger charge is -2.12. The van der Waals surface area contributed by atoms with E-state index >= 15 is 0 Å². The van der Waals surface area contributed by atoms with Crippen molar-refractivity contribution >= 4 is 15.9 Å². The van der Waals surface area contributed by atoms with Gasteiger partial charge in [-0.15, -0.1) is 0 Å². The van der Waals surface area contributed by atoms with Crippen LogP contribution < -0.4 is 4.74 Å². The van der Waals surface area contributed by atoms with Crippen LogP contribution in [0, 0.1) is 12.8 Å². The van der Waals surface area contributed by atoms with E-state index in [0.717, 1.165) is 23.6 Å². The van der Waals surface area contributed by atoms with Crippen molar-refractivity contribution in [3.8, 4) is 5.75 Å². The second-order valence-corrected chi connectivity index (χ2v) is 4.84. The Balaban J connectivity index is 1.97. The second kappa shape index (κ2) is 5.02. The van der Waals surface area contributed by atoms with Crippen LogP contribution >= 0.6 is 15.9 Å². The van der Waals surface area contributed by atoms with Crippen molar-refractivity contribution < 1.29 is 4.74 Å². The summed E-state index contributed by atoms with van der Waals surface area (Å²) in [4.78, 5) is 0. The molecule has 0 heterocycles. The van der Waals surface area contributed by atoms with Gasteiger partial charge in [0.05, 0.1) is 6.61 Å². The first-order chi connectivity index (χ1) is 7.31. The molecule has 1 aliphatic rings. The van der Waals surface area contributed by atoms with Crippen LogP contribution in [0.1, 0.15) is 30.4 Å². The predicted molar refractivity (Wildman–Crippen MR) is 66.6 cm³/mol. The number of hydrogen-bond donors (Lipinski definition) is 0. The minimum absolute atomic E-state index is 0.868. The van der Waals surface area contributed by atoms with Gasteiger partial charge in [0, 0.05) is 10.9 Å². The molecule has 0 atom stereocenters. The van der Waals surface area contributed by atoms with E-state index in [1.165, 1.54) is 30.4 Å². The largest absolute Gasteiger partial charge is 0.493 e. The summed E-state index contributed by atoms with van der Waals surface area (Å²) in [6.45, 7) is 2.98. The molecule has 2 heteroatoms. The highest BCUT2D eigenvalue weighted by Gasteiger charge is 2.21. The van der Waals surface area contributed by atoms with Crippen LogP contribution in [0.25, 0.3) is 0 Å². The lowest BCUT2D eigenvalue weighted by atomic mass is 10.1. The Morgan fingerprint density at radius 3 is 2.87 bits per heavy atom. The Labute approximate surface area is 100.0 Å². The molecule has 0 N–H and O–H groups in total. The van der Waals surface area contributed by atoms with Crippen molar-refractivity contribution in [3.05, 3.63) is 29.3 Å². The van der Waals surface area contributed by atoms with Gasteiger partial charge < -0.3 is 4.74 Å². The molecule has 1 saturated carbocycles. The quantitative estimate of drug-likeness (QED) is 0.732. The zero-order valence-corrected chi connectivity index (χ0v) is 10.7. The molecule has 0 aromatic heterocycles. The van der Waals surface area contributed by atoms with Gasteiger partial charge in [0.25, 0.3) is 0 Å². The fraction of sp³-hybridized carbons (Fsp3) is 0.538. The van der Waals surface area contributed by atoms with E-state index in [-0.39, 0.29) is 0 Å². The molecule has 0 amide bonds. The number of alkyl halides is 1. The van der Waals surface area contributed by atoms with Crippen molar-refractivity contribution in [3.63, 3.8) is 0 Å². The third-order valence-corrected chi connectivity index (χ3v) is 3.51. The molecule has 0 unspecified atom stereocenters. The highest BCUT2D eigenvalue weighted by atomic mass is 79.9. The Hall–Kier alpha value is -0.500. The zero-order valence-electron chi connectivity index (χ0n) is 9.13. The van der Waals surface area contributed by atoms with Crippen LogP contribution in [0.2, 0.25) is 0 Å². The van der Waals surface area contributed by atoms with Crippen molar-refractivity contribution in [2.24, 2.45) is 5.92 Å². The molecule has 82 valence electrons. The summed E-state index contributed by atoms with van der Waals surface area (Å²) in [5.41, 5.74) is 2.49. The van der Waals surface area contributed by atoms with Crippen LogP contribution in [-0.2, 0) is 5.33 Å². The van der Waals surface area contributed by atoms with E-state index in [0.29, 0.717) is 0 Å². The molecule has 2 rings (SSSR count). The van der Waals surface area contributed by atoms with Crippen LogP contribution in [0.3, 0.4) is 0 Å². The fourth-order valence-electron chi connectivity index (χ4n) is 1.76. The number of aryl methyl sites for hydroxylation is 1. The maximum Gasteiger partial charge on any atom is 0.126 e. The summed E-state index contributed by atoms with van der Waals surface area (Å²) in [5, 5.41) is 0.868. The van der Waals surface area contributed by atoms with Gasteiger partial charge in [-0.3, -0.25) is 0 Å². The number of para-hydroxylation sites is 1. The van der Waals surface area contributed by atoms with E-state index in [4.69, 9.17) is 4.74 Å². The average Bonchev–Trinajstić information content (AvgIpc) is 3.04. The first-order valence-electron chi connectivity index (χ1n) is 5.58. The highest BCUT2D eigenvalue weighted by molar-refractivity contribution is 9.08. The SMILES string of the molecule is Cc1cccc(CBr)c1OCCC1CC1. The second-order valence-electron chi connectivity index (χ2n) is 4.28. The van der Waals surface area contributed by atoms with Gasteiger partial charge in [0.15, 0.2) is 0 Å². The molecule has 15 heavy (non-hydrogen) atoms. The number of ether oxygens (including phenoxy) is 1. The lowest BCUT2D eigenvalue weighted by Crippen LogP contribution is -2.02. The zero-order chi connectivity index (χ0) is 10.7. The van der Waals surface area contributed by atoms with Gasteiger partial charge >= 0.3 is 0 Å². The molecule has 0 spiro atoms. The van der Waals surface area contributed by atoms with Crippen LogP contribution in [-0.4, -0.2) is 6.61 Å². The summed E-state index contributed by atoms with van der Waals surface area (Å²) in [5.74, 6) is 2.02. The summed E-state index contributed by atoms with van der Waals surface area (Å²) < 4.78 is 5.88. The van der Waals surface area contributed by atoms with Gasteiger partial charge in [-0.2, -0.15) is 0 Å². The van der Waals surface area contributed by atoms with Crippen molar-refractivity contribution in [2.45, 2.75) is 31.5 Å². The minimum Gasteiger partial charge on any atom is -0.493 e. The Kier molecular flexibility index (Phi) is 3.68. The predicted octanol–water partition coefficient (Wildman–Crippen LogP) is 4.07. The molecular formula is C13H17BrO. The van der Waals surface area contributed by atoms with Crippen LogP contribution in [0.15, 0.2) is 18.2 Å². The Bertz CT molecular complexity index is 331. The van der Waals surface area contributed by atoms with E-state index in [1.807, 2.05) is 0 Å². The van der Waals surface area contributed by atoms with Crippen molar-refractivity contribution in [2.75, 3.05) is 6.61 Å². The molecule has 0 saturated heterocycles. The van der Waals surface area contributed by atoms with Gasteiger partial charge in [-0.1, -0.05) is 47.0 Å². The smallest absolute Gasteiger partial charge is 0.126 e. The molecular weight excluding hydrogens is 252 g/mol. The average molecular weight is 269 g/mol. The third-order valence-electron chi connectivity index (χ3n) is 2.91. The molecule has 1 nitrogen and oxygen atoms in total. The third kappa shape index (κ3) is 2.97. The first kappa shape index (κ1) is 11.0. The maximum absolute atomic E-state index is 5.88. The standard InChI is InChI=1S/C13H17BrO/c1-10-3-2-4-12(9-14)13(10)15-8-7-11-5-6-11/h2-4,11H,5-9H2,1H3. The van der Waals surface area contributed by atoms with Crippen molar-refractivity contribution in [1.82, 2.24) is 0 Å². The van der Waals surface area contributed by atoms with Crippen LogP contribution in [0.4, 0.5) is 0 Å². The monoisotopic (exact) mass is 268 g/mol. The highest BCUT2D eigenvalue weighted by Crippen LogP contribution is 2.33. The molecule has 1 fully saturated rings. The summed E-state index contributed by atoms with van der Waals surface area (Å²) in [7, 11) is 0. The molecule has 0 bridgehead atoms. The number of rotatable bonds is 5. The van der Waals surface area contributed by atoms with Gasteiger partial charge in [0.2, 0.25) is 0 Å². The van der Waals surface area contributed by atoms with E-state index in [2.05, 4.69) is 41.1 Å². The molecule has 1 aliphatic carbocycles. The number of hydrogen-bond acceptors (Lipinski definition) is 1. The molecule has 0 aliphatic heterocycles. The first-order valence-corrected chi connectivity index (χ1v) is 6.70. The van der Waals surface area contributed by atoms with Gasteiger partial charge in [0.1, 0.15) is 5.75 Å². The minimum atomic E-state index is 0.868. The lowest BCUT2D eigenvalue weighted by molar-refractivity contribution is 0.298. The Morgan fingerprint density at radius 2 is 2.20 bits per heavy atom. The Morgan fingerprint density at radius 1 is 1.40 bits per heavy atom. The van der Waals surface area contributed by atoms with E-state index < -0.39 is 0 Å². The topological polar surface area (TPSA) is 9.23 Å². The van der Waals surface area contributed by atoms with E-state index in [9.17, 15) is 0 Å². The maximum atomic E-state index is 5.88.